The first kappa shape index (κ1) is 20.8. The van der Waals surface area contributed by atoms with Gasteiger partial charge >= 0.3 is 0 Å². The van der Waals surface area contributed by atoms with Gasteiger partial charge in [-0.05, 0) is 36.2 Å². The molecule has 0 aliphatic rings. The molecule has 8 nitrogen and oxygen atoms in total. The van der Waals surface area contributed by atoms with Crippen LogP contribution in [0.25, 0.3) is 10.9 Å². The van der Waals surface area contributed by atoms with E-state index in [1.54, 1.807) is 47.3 Å². The van der Waals surface area contributed by atoms with Crippen molar-refractivity contribution in [2.75, 3.05) is 5.32 Å². The van der Waals surface area contributed by atoms with Crippen molar-refractivity contribution < 1.29 is 9.59 Å². The third-order valence-corrected chi connectivity index (χ3v) is 5.16. The highest BCUT2D eigenvalue weighted by molar-refractivity contribution is 6.10. The van der Waals surface area contributed by atoms with Crippen LogP contribution in [0.4, 0.5) is 5.69 Å². The zero-order valence-corrected chi connectivity index (χ0v) is 17.4. The molecule has 4 rings (SSSR count). The number of benzene rings is 2. The Bertz CT molecular complexity index is 1370. The van der Waals surface area contributed by atoms with Crippen LogP contribution in [0.1, 0.15) is 44.6 Å². The first-order chi connectivity index (χ1) is 15.5. The van der Waals surface area contributed by atoms with Crippen LogP contribution in [0.15, 0.2) is 60.8 Å². The summed E-state index contributed by atoms with van der Waals surface area (Å²) in [5.74, 6) is -1.08. The highest BCUT2D eigenvalue weighted by atomic mass is 16.2. The molecule has 0 saturated heterocycles. The fourth-order valence-corrected chi connectivity index (χ4v) is 3.56. The van der Waals surface area contributed by atoms with Crippen molar-refractivity contribution in [1.82, 2.24) is 14.8 Å². The fraction of sp³-hybridized carbons (Fsp3) is 0.125. The van der Waals surface area contributed by atoms with Gasteiger partial charge in [-0.2, -0.15) is 10.4 Å². The van der Waals surface area contributed by atoms with Crippen LogP contribution in [0.3, 0.4) is 0 Å². The second-order valence-electron chi connectivity index (χ2n) is 7.22. The molecule has 0 bridgehead atoms. The Morgan fingerprint density at radius 1 is 1.16 bits per heavy atom. The van der Waals surface area contributed by atoms with Gasteiger partial charge in [-0.3, -0.25) is 14.3 Å². The van der Waals surface area contributed by atoms with Crippen LogP contribution < -0.4 is 11.1 Å². The first-order valence-electron chi connectivity index (χ1n) is 10.0. The number of nitrogens with one attached hydrogen (secondary N) is 1. The summed E-state index contributed by atoms with van der Waals surface area (Å²) in [5, 5.41) is 16.8. The summed E-state index contributed by atoms with van der Waals surface area (Å²) >= 11 is 0. The molecule has 3 N–H and O–H groups in total. The Balaban J connectivity index is 1.61. The maximum atomic E-state index is 12.9. The number of nitriles is 1. The van der Waals surface area contributed by atoms with Gasteiger partial charge in [0.25, 0.3) is 5.91 Å². The highest BCUT2D eigenvalue weighted by Gasteiger charge is 2.18. The number of hydrogen-bond donors (Lipinski definition) is 2. The molecule has 8 heteroatoms. The van der Waals surface area contributed by atoms with Crippen LogP contribution in [0, 0.1) is 11.3 Å². The van der Waals surface area contributed by atoms with Crippen LogP contribution in [0.5, 0.6) is 0 Å². The molecule has 0 spiro atoms. The van der Waals surface area contributed by atoms with E-state index in [-0.39, 0.29) is 11.3 Å². The lowest BCUT2D eigenvalue weighted by Gasteiger charge is -2.10. The molecule has 2 aromatic carbocycles. The number of pyridine rings is 1. The number of para-hydroxylation sites is 1. The van der Waals surface area contributed by atoms with Crippen LogP contribution in [-0.4, -0.2) is 26.6 Å². The molecule has 0 unspecified atom stereocenters. The van der Waals surface area contributed by atoms with E-state index in [2.05, 4.69) is 21.5 Å². The van der Waals surface area contributed by atoms with Crippen molar-refractivity contribution in [3.8, 4) is 6.07 Å². The standard InChI is InChI=1S/C24H20N6O2/c1-2-22-21(13-27-30(22)14-16-9-7-15(12-25)8-10-16)29-24(32)20-11-18(23(26)31)17-5-3-4-6-19(17)28-20/h3-11,13H,2,14H2,1H3,(H2,26,31)(H,29,32). The molecule has 0 fully saturated rings. The molecule has 0 aliphatic heterocycles. The Hall–Kier alpha value is -4.51. The zero-order chi connectivity index (χ0) is 22.7. The predicted octanol–water partition coefficient (Wildman–Crippen LogP) is 3.26. The van der Waals surface area contributed by atoms with E-state index in [0.29, 0.717) is 35.1 Å². The summed E-state index contributed by atoms with van der Waals surface area (Å²) < 4.78 is 1.81. The summed E-state index contributed by atoms with van der Waals surface area (Å²) in [6.07, 6.45) is 2.24. The van der Waals surface area contributed by atoms with Crippen molar-refractivity contribution in [3.63, 3.8) is 0 Å². The third kappa shape index (κ3) is 4.04. The van der Waals surface area contributed by atoms with Crippen molar-refractivity contribution in [1.29, 1.82) is 5.26 Å². The Kier molecular flexibility index (Phi) is 5.64. The van der Waals surface area contributed by atoms with Gasteiger partial charge in [0.05, 0.1) is 46.8 Å². The third-order valence-electron chi connectivity index (χ3n) is 5.16. The summed E-state index contributed by atoms with van der Waals surface area (Å²) in [6.45, 7) is 2.48. The van der Waals surface area contributed by atoms with Crippen molar-refractivity contribution in [3.05, 3.63) is 88.9 Å². The molecule has 2 aromatic heterocycles. The number of carbonyl (C=O) groups is 2. The average Bonchev–Trinajstić information content (AvgIpc) is 3.19. The van der Waals surface area contributed by atoms with Gasteiger partial charge in [0.1, 0.15) is 5.69 Å². The Morgan fingerprint density at radius 2 is 1.91 bits per heavy atom. The maximum Gasteiger partial charge on any atom is 0.274 e. The van der Waals surface area contributed by atoms with Gasteiger partial charge in [0, 0.05) is 5.39 Å². The lowest BCUT2D eigenvalue weighted by molar-refractivity contribution is 0.100. The van der Waals surface area contributed by atoms with Gasteiger partial charge in [-0.25, -0.2) is 4.98 Å². The number of fused-ring (bicyclic) bond motifs is 1. The summed E-state index contributed by atoms with van der Waals surface area (Å²) in [6, 6.07) is 17.8. The molecule has 4 aromatic rings. The average molecular weight is 424 g/mol. The Labute approximate surface area is 184 Å². The molecule has 0 aliphatic carbocycles. The number of nitrogens with two attached hydrogens (primary N) is 1. The van der Waals surface area contributed by atoms with E-state index >= 15 is 0 Å². The normalized spacial score (nSPS) is 10.6. The van der Waals surface area contributed by atoms with Crippen LogP contribution in [0.2, 0.25) is 0 Å². The van der Waals surface area contributed by atoms with Gasteiger partial charge < -0.3 is 11.1 Å². The number of aromatic nitrogens is 3. The summed E-state index contributed by atoms with van der Waals surface area (Å²) in [5.41, 5.74) is 9.37. The number of hydrogen-bond acceptors (Lipinski definition) is 5. The number of rotatable bonds is 6. The molecular formula is C24H20N6O2. The van der Waals surface area contributed by atoms with Gasteiger partial charge in [0.2, 0.25) is 5.91 Å². The molecule has 0 saturated carbocycles. The maximum absolute atomic E-state index is 12.9. The lowest BCUT2D eigenvalue weighted by Crippen LogP contribution is -2.18. The van der Waals surface area contributed by atoms with Crippen molar-refractivity contribution in [2.24, 2.45) is 5.73 Å². The van der Waals surface area contributed by atoms with E-state index < -0.39 is 11.8 Å². The number of carbonyl (C=O) groups excluding carboxylic acids is 2. The minimum atomic E-state index is -0.623. The largest absolute Gasteiger partial charge is 0.366 e. The SMILES string of the molecule is CCc1c(NC(=O)c2cc(C(N)=O)c3ccccc3n2)cnn1Cc1ccc(C#N)cc1. The zero-order valence-electron chi connectivity index (χ0n) is 17.4. The smallest absolute Gasteiger partial charge is 0.274 e. The molecule has 2 heterocycles. The van der Waals surface area contributed by atoms with E-state index in [0.717, 1.165) is 11.3 Å². The first-order valence-corrected chi connectivity index (χ1v) is 10.0. The number of anilines is 1. The van der Waals surface area contributed by atoms with E-state index in [1.807, 2.05) is 19.1 Å². The van der Waals surface area contributed by atoms with E-state index in [9.17, 15) is 9.59 Å². The summed E-state index contributed by atoms with van der Waals surface area (Å²) in [7, 11) is 0. The molecule has 158 valence electrons. The second kappa shape index (κ2) is 8.70. The number of primary amides is 1. The van der Waals surface area contributed by atoms with Gasteiger partial charge in [-0.15, -0.1) is 0 Å². The second-order valence-corrected chi connectivity index (χ2v) is 7.22. The monoisotopic (exact) mass is 424 g/mol. The number of amides is 2. The predicted molar refractivity (Wildman–Crippen MR) is 120 cm³/mol. The van der Waals surface area contributed by atoms with E-state index in [4.69, 9.17) is 11.0 Å². The minimum absolute atomic E-state index is 0.0967. The molecule has 0 atom stereocenters. The molecule has 0 radical (unpaired) electrons. The van der Waals surface area contributed by atoms with Crippen molar-refractivity contribution in [2.45, 2.75) is 19.9 Å². The minimum Gasteiger partial charge on any atom is -0.366 e. The van der Waals surface area contributed by atoms with Crippen molar-refractivity contribution >= 4 is 28.4 Å². The van der Waals surface area contributed by atoms with Gasteiger partial charge in [-0.1, -0.05) is 37.3 Å². The fourth-order valence-electron chi connectivity index (χ4n) is 3.56. The highest BCUT2D eigenvalue weighted by Crippen LogP contribution is 2.21. The van der Waals surface area contributed by atoms with Crippen LogP contribution in [-0.2, 0) is 13.0 Å². The topological polar surface area (TPSA) is 127 Å². The van der Waals surface area contributed by atoms with E-state index in [1.165, 1.54) is 6.07 Å². The lowest BCUT2D eigenvalue weighted by atomic mass is 10.1. The quantitative estimate of drug-likeness (QED) is 0.491. The molecule has 32 heavy (non-hydrogen) atoms. The summed E-state index contributed by atoms with van der Waals surface area (Å²) in [4.78, 5) is 29.2. The van der Waals surface area contributed by atoms with Gasteiger partial charge in [0.15, 0.2) is 0 Å². The molecular weight excluding hydrogens is 404 g/mol. The Morgan fingerprint density at radius 3 is 2.59 bits per heavy atom. The molecule has 2 amide bonds. The number of nitrogens with zero attached hydrogens (tertiary/aromatic N) is 4. The van der Waals surface area contributed by atoms with Crippen LogP contribution >= 0.6 is 0 Å².